The summed E-state index contributed by atoms with van der Waals surface area (Å²) in [7, 11) is 2.21. The van der Waals surface area contributed by atoms with Gasteiger partial charge in [-0.3, -0.25) is 5.10 Å². The summed E-state index contributed by atoms with van der Waals surface area (Å²) in [6.07, 6.45) is 11.1. The van der Waals surface area contributed by atoms with Crippen LogP contribution in [0.1, 0.15) is 69.0 Å². The molecule has 1 aromatic rings. The second-order valence-electron chi connectivity index (χ2n) is 7.43. The third kappa shape index (κ3) is 3.54. The van der Waals surface area contributed by atoms with Crippen molar-refractivity contribution < 1.29 is 4.74 Å². The van der Waals surface area contributed by atoms with E-state index in [2.05, 4.69) is 29.1 Å². The van der Waals surface area contributed by atoms with Gasteiger partial charge in [0.05, 0.1) is 6.20 Å². The van der Waals surface area contributed by atoms with Gasteiger partial charge in [0.1, 0.15) is 0 Å². The highest BCUT2D eigenvalue weighted by molar-refractivity contribution is 5.21. The molecule has 4 heteroatoms. The average Bonchev–Trinajstić information content (AvgIpc) is 2.97. The Bertz CT molecular complexity index is 455. The van der Waals surface area contributed by atoms with E-state index in [4.69, 9.17) is 4.74 Å². The SMILES string of the molecule is CCCN(C)Cc1cn[nH]c1C1CCC2(CCOCC2)CC1. The van der Waals surface area contributed by atoms with E-state index in [0.717, 1.165) is 26.3 Å². The summed E-state index contributed by atoms with van der Waals surface area (Å²) in [6.45, 7) is 6.36. The van der Waals surface area contributed by atoms with Crippen molar-refractivity contribution in [3.05, 3.63) is 17.5 Å². The summed E-state index contributed by atoms with van der Waals surface area (Å²) >= 11 is 0. The lowest BCUT2D eigenvalue weighted by Gasteiger charge is -2.42. The monoisotopic (exact) mass is 305 g/mol. The minimum atomic E-state index is 0.591. The number of aromatic amines is 1. The van der Waals surface area contributed by atoms with Crippen molar-refractivity contribution >= 4 is 0 Å². The minimum absolute atomic E-state index is 0.591. The summed E-state index contributed by atoms with van der Waals surface area (Å²) in [4.78, 5) is 2.40. The second-order valence-corrected chi connectivity index (χ2v) is 7.43. The van der Waals surface area contributed by atoms with Crippen molar-refractivity contribution in [2.24, 2.45) is 5.41 Å². The molecule has 1 N–H and O–H groups in total. The number of aromatic nitrogens is 2. The molecule has 0 amide bonds. The molecule has 0 unspecified atom stereocenters. The number of ether oxygens (including phenoxy) is 1. The Morgan fingerprint density at radius 2 is 2.00 bits per heavy atom. The number of nitrogens with zero attached hydrogens (tertiary/aromatic N) is 2. The van der Waals surface area contributed by atoms with Gasteiger partial charge in [0.15, 0.2) is 0 Å². The van der Waals surface area contributed by atoms with E-state index in [9.17, 15) is 0 Å². The van der Waals surface area contributed by atoms with Gasteiger partial charge in [-0.15, -0.1) is 0 Å². The predicted molar refractivity (Wildman–Crippen MR) is 88.9 cm³/mol. The lowest BCUT2D eigenvalue weighted by Crippen LogP contribution is -2.33. The topological polar surface area (TPSA) is 41.2 Å². The second kappa shape index (κ2) is 7.14. The van der Waals surface area contributed by atoms with Crippen LogP contribution in [0.15, 0.2) is 6.20 Å². The highest BCUT2D eigenvalue weighted by atomic mass is 16.5. The molecule has 1 aromatic heterocycles. The molecule has 1 saturated carbocycles. The minimum Gasteiger partial charge on any atom is -0.381 e. The Kier molecular flexibility index (Phi) is 5.19. The van der Waals surface area contributed by atoms with Crippen LogP contribution < -0.4 is 0 Å². The molecule has 1 aliphatic heterocycles. The van der Waals surface area contributed by atoms with Crippen LogP contribution >= 0.6 is 0 Å². The van der Waals surface area contributed by atoms with Gasteiger partial charge in [0, 0.05) is 36.9 Å². The molecular weight excluding hydrogens is 274 g/mol. The largest absolute Gasteiger partial charge is 0.381 e. The highest BCUT2D eigenvalue weighted by Gasteiger charge is 2.37. The molecule has 0 radical (unpaired) electrons. The third-order valence-corrected chi connectivity index (χ3v) is 5.80. The quantitative estimate of drug-likeness (QED) is 0.901. The van der Waals surface area contributed by atoms with Gasteiger partial charge in [-0.2, -0.15) is 5.10 Å². The average molecular weight is 305 g/mol. The fourth-order valence-electron chi connectivity index (χ4n) is 4.38. The first-order valence-corrected chi connectivity index (χ1v) is 9.01. The van der Waals surface area contributed by atoms with Gasteiger partial charge in [-0.25, -0.2) is 0 Å². The highest BCUT2D eigenvalue weighted by Crippen LogP contribution is 2.48. The van der Waals surface area contributed by atoms with Crippen LogP contribution in [0, 0.1) is 5.41 Å². The number of hydrogen-bond acceptors (Lipinski definition) is 3. The van der Waals surface area contributed by atoms with Crippen molar-refractivity contribution in [2.45, 2.75) is 64.3 Å². The van der Waals surface area contributed by atoms with Crippen LogP contribution in [0.25, 0.3) is 0 Å². The summed E-state index contributed by atoms with van der Waals surface area (Å²) < 4.78 is 5.56. The van der Waals surface area contributed by atoms with Crippen molar-refractivity contribution in [2.75, 3.05) is 26.8 Å². The molecule has 22 heavy (non-hydrogen) atoms. The maximum absolute atomic E-state index is 5.56. The first kappa shape index (κ1) is 16.0. The molecule has 2 fully saturated rings. The van der Waals surface area contributed by atoms with Crippen molar-refractivity contribution in [3.63, 3.8) is 0 Å². The fourth-order valence-corrected chi connectivity index (χ4v) is 4.38. The number of H-pyrrole nitrogens is 1. The third-order valence-electron chi connectivity index (χ3n) is 5.80. The van der Waals surface area contributed by atoms with Crippen LogP contribution in [0.5, 0.6) is 0 Å². The number of rotatable bonds is 5. The normalized spacial score (nSPS) is 22.5. The summed E-state index contributed by atoms with van der Waals surface area (Å²) in [5, 5.41) is 7.66. The molecular formula is C18H31N3O. The molecule has 0 atom stereocenters. The Labute approximate surface area is 134 Å². The van der Waals surface area contributed by atoms with Crippen LogP contribution in [-0.2, 0) is 11.3 Å². The van der Waals surface area contributed by atoms with Crippen molar-refractivity contribution in [1.82, 2.24) is 15.1 Å². The van der Waals surface area contributed by atoms with Gasteiger partial charge in [0.2, 0.25) is 0 Å². The Morgan fingerprint density at radius 1 is 1.27 bits per heavy atom. The predicted octanol–water partition coefficient (Wildman–Crippen LogP) is 3.71. The zero-order valence-corrected chi connectivity index (χ0v) is 14.2. The summed E-state index contributed by atoms with van der Waals surface area (Å²) in [5.41, 5.74) is 3.40. The van der Waals surface area contributed by atoms with E-state index in [1.54, 1.807) is 0 Å². The van der Waals surface area contributed by atoms with Gasteiger partial charge >= 0.3 is 0 Å². The van der Waals surface area contributed by atoms with Gasteiger partial charge in [-0.1, -0.05) is 6.92 Å². The van der Waals surface area contributed by atoms with E-state index in [1.165, 1.54) is 56.2 Å². The molecule has 1 saturated heterocycles. The maximum atomic E-state index is 5.56. The van der Waals surface area contributed by atoms with E-state index in [0.29, 0.717) is 11.3 Å². The van der Waals surface area contributed by atoms with Crippen LogP contribution in [0.4, 0.5) is 0 Å². The summed E-state index contributed by atoms with van der Waals surface area (Å²) in [5.74, 6) is 0.681. The molecule has 2 heterocycles. The fraction of sp³-hybridized carbons (Fsp3) is 0.833. The molecule has 4 nitrogen and oxygen atoms in total. The summed E-state index contributed by atoms with van der Waals surface area (Å²) in [6, 6.07) is 0. The number of nitrogens with one attached hydrogen (secondary N) is 1. The number of hydrogen-bond donors (Lipinski definition) is 1. The molecule has 0 bridgehead atoms. The van der Waals surface area contributed by atoms with Crippen molar-refractivity contribution in [3.8, 4) is 0 Å². The van der Waals surface area contributed by atoms with Crippen LogP contribution in [0.3, 0.4) is 0 Å². The van der Waals surface area contributed by atoms with E-state index in [-0.39, 0.29) is 0 Å². The Hall–Kier alpha value is -0.870. The Balaban J connectivity index is 1.60. The lowest BCUT2D eigenvalue weighted by molar-refractivity contribution is -0.00788. The Morgan fingerprint density at radius 3 is 2.68 bits per heavy atom. The van der Waals surface area contributed by atoms with Crippen molar-refractivity contribution in [1.29, 1.82) is 0 Å². The van der Waals surface area contributed by atoms with E-state index >= 15 is 0 Å². The van der Waals surface area contributed by atoms with Crippen LogP contribution in [0.2, 0.25) is 0 Å². The van der Waals surface area contributed by atoms with E-state index in [1.807, 2.05) is 6.20 Å². The zero-order chi connectivity index (χ0) is 15.4. The molecule has 2 aliphatic rings. The van der Waals surface area contributed by atoms with Gasteiger partial charge < -0.3 is 9.64 Å². The van der Waals surface area contributed by atoms with E-state index < -0.39 is 0 Å². The molecule has 1 aliphatic carbocycles. The first-order valence-electron chi connectivity index (χ1n) is 9.01. The first-order chi connectivity index (χ1) is 10.7. The van der Waals surface area contributed by atoms with Gasteiger partial charge in [0.25, 0.3) is 0 Å². The zero-order valence-electron chi connectivity index (χ0n) is 14.2. The van der Waals surface area contributed by atoms with Gasteiger partial charge in [-0.05, 0) is 64.0 Å². The smallest absolute Gasteiger partial charge is 0.0535 e. The lowest BCUT2D eigenvalue weighted by atomic mass is 9.65. The molecule has 0 aromatic carbocycles. The molecule has 1 spiro atoms. The van der Waals surface area contributed by atoms with Crippen LogP contribution in [-0.4, -0.2) is 41.9 Å². The molecule has 3 rings (SSSR count). The molecule has 124 valence electrons. The standard InChI is InChI=1S/C18H31N3O/c1-3-10-21(2)14-16-13-19-20-17(16)15-4-6-18(7-5-15)8-11-22-12-9-18/h13,15H,3-12,14H2,1-2H3,(H,19,20). The maximum Gasteiger partial charge on any atom is 0.0535 e.